The molecule has 0 N–H and O–H groups in total. The molecule has 0 fully saturated rings. The Morgan fingerprint density at radius 3 is 2.47 bits per heavy atom. The van der Waals surface area contributed by atoms with Crippen molar-refractivity contribution < 1.29 is 9.47 Å². The van der Waals surface area contributed by atoms with Gasteiger partial charge in [0.2, 0.25) is 0 Å². The maximum atomic E-state index is 5.37. The molecular weight excluding hydrogens is 258 g/mol. The normalized spacial score (nSPS) is 14.9. The summed E-state index contributed by atoms with van der Waals surface area (Å²) < 4.78 is 10.7. The molecule has 0 unspecified atom stereocenters. The summed E-state index contributed by atoms with van der Waals surface area (Å²) in [5.41, 5.74) is 3.83. The molecule has 19 heavy (non-hydrogen) atoms. The molecule has 1 aliphatic heterocycles. The summed E-state index contributed by atoms with van der Waals surface area (Å²) in [5, 5.41) is 0. The molecule has 1 heterocycles. The molecule has 1 aromatic rings. The van der Waals surface area contributed by atoms with Crippen molar-refractivity contribution in [2.75, 3.05) is 33.1 Å². The molecule has 0 spiro atoms. The van der Waals surface area contributed by atoms with E-state index in [9.17, 15) is 0 Å². The molecule has 0 saturated heterocycles. The standard InChI is InChI=1S/C15H21NO2S/c1-11(10-19)8-16-5-4-12-6-14(17-2)15(18-3)7-13(12)9-16/h6-7,19H,1,4-5,8-10H2,2-3H3. The Kier molecular flexibility index (Phi) is 4.77. The van der Waals surface area contributed by atoms with Gasteiger partial charge in [0, 0.05) is 25.4 Å². The van der Waals surface area contributed by atoms with Crippen molar-refractivity contribution in [1.29, 1.82) is 0 Å². The van der Waals surface area contributed by atoms with Crippen LogP contribution in [0.25, 0.3) is 0 Å². The minimum Gasteiger partial charge on any atom is -0.493 e. The number of rotatable bonds is 5. The summed E-state index contributed by atoms with van der Waals surface area (Å²) in [6.45, 7) is 6.92. The molecule has 0 radical (unpaired) electrons. The van der Waals surface area contributed by atoms with Crippen molar-refractivity contribution in [1.82, 2.24) is 4.90 Å². The van der Waals surface area contributed by atoms with E-state index in [1.807, 2.05) is 0 Å². The van der Waals surface area contributed by atoms with Crippen LogP contribution in [0.15, 0.2) is 24.3 Å². The first-order valence-corrected chi connectivity index (χ1v) is 7.04. The maximum absolute atomic E-state index is 5.37. The molecule has 1 aliphatic rings. The zero-order valence-corrected chi connectivity index (χ0v) is 12.5. The zero-order chi connectivity index (χ0) is 13.8. The van der Waals surface area contributed by atoms with Crippen LogP contribution >= 0.6 is 12.6 Å². The summed E-state index contributed by atoms with van der Waals surface area (Å²) in [6.07, 6.45) is 1.04. The second-order valence-corrected chi connectivity index (χ2v) is 5.16. The van der Waals surface area contributed by atoms with Crippen molar-refractivity contribution in [2.24, 2.45) is 0 Å². The number of methoxy groups -OCH3 is 2. The van der Waals surface area contributed by atoms with Crippen LogP contribution < -0.4 is 9.47 Å². The van der Waals surface area contributed by atoms with E-state index in [0.717, 1.165) is 48.9 Å². The third-order valence-electron chi connectivity index (χ3n) is 3.47. The molecule has 0 bridgehead atoms. The lowest BCUT2D eigenvalue weighted by Gasteiger charge is -2.29. The second-order valence-electron chi connectivity index (χ2n) is 4.84. The largest absolute Gasteiger partial charge is 0.493 e. The van der Waals surface area contributed by atoms with Gasteiger partial charge in [-0.3, -0.25) is 4.90 Å². The molecule has 0 atom stereocenters. The Bertz CT molecular complexity index is 473. The summed E-state index contributed by atoms with van der Waals surface area (Å²) in [4.78, 5) is 2.40. The first kappa shape index (κ1) is 14.3. The highest BCUT2D eigenvalue weighted by atomic mass is 32.1. The predicted octanol–water partition coefficient (Wildman–Crippen LogP) is 2.55. The van der Waals surface area contributed by atoms with E-state index in [2.05, 4.69) is 36.2 Å². The first-order chi connectivity index (χ1) is 9.17. The van der Waals surface area contributed by atoms with Gasteiger partial charge in [-0.25, -0.2) is 0 Å². The minimum atomic E-state index is 0.745. The van der Waals surface area contributed by atoms with Gasteiger partial charge in [-0.2, -0.15) is 12.6 Å². The number of hydrogen-bond acceptors (Lipinski definition) is 4. The van der Waals surface area contributed by atoms with Crippen LogP contribution in [0.3, 0.4) is 0 Å². The molecule has 0 saturated carbocycles. The number of ether oxygens (including phenoxy) is 2. The number of nitrogens with zero attached hydrogens (tertiary/aromatic N) is 1. The van der Waals surface area contributed by atoms with Crippen molar-refractivity contribution in [2.45, 2.75) is 13.0 Å². The smallest absolute Gasteiger partial charge is 0.161 e. The fourth-order valence-electron chi connectivity index (χ4n) is 2.44. The van der Waals surface area contributed by atoms with E-state index in [1.54, 1.807) is 14.2 Å². The molecule has 3 nitrogen and oxygen atoms in total. The average Bonchev–Trinajstić information content (AvgIpc) is 2.45. The van der Waals surface area contributed by atoms with Gasteiger partial charge in [0.1, 0.15) is 0 Å². The summed E-state index contributed by atoms with van der Waals surface area (Å²) in [7, 11) is 3.35. The van der Waals surface area contributed by atoms with Crippen molar-refractivity contribution in [3.8, 4) is 11.5 Å². The lowest BCUT2D eigenvalue weighted by atomic mass is 9.98. The molecule has 2 rings (SSSR count). The van der Waals surface area contributed by atoms with Gasteiger partial charge in [0.15, 0.2) is 11.5 Å². The van der Waals surface area contributed by atoms with E-state index < -0.39 is 0 Å². The van der Waals surface area contributed by atoms with Crippen molar-refractivity contribution >= 4 is 12.6 Å². The van der Waals surface area contributed by atoms with E-state index in [-0.39, 0.29) is 0 Å². The fraction of sp³-hybridized carbons (Fsp3) is 0.467. The molecular formula is C15H21NO2S. The minimum absolute atomic E-state index is 0.745. The highest BCUT2D eigenvalue weighted by Crippen LogP contribution is 2.33. The number of fused-ring (bicyclic) bond motifs is 1. The van der Waals surface area contributed by atoms with E-state index in [0.29, 0.717) is 0 Å². The third kappa shape index (κ3) is 3.25. The Morgan fingerprint density at radius 2 is 1.89 bits per heavy atom. The maximum Gasteiger partial charge on any atom is 0.161 e. The molecule has 0 aromatic heterocycles. The van der Waals surface area contributed by atoms with Crippen LogP contribution in [0.5, 0.6) is 11.5 Å². The van der Waals surface area contributed by atoms with Crippen LogP contribution in [0.2, 0.25) is 0 Å². The summed E-state index contributed by atoms with van der Waals surface area (Å²) in [6, 6.07) is 4.18. The molecule has 0 aliphatic carbocycles. The Balaban J connectivity index is 2.18. The Morgan fingerprint density at radius 1 is 1.26 bits per heavy atom. The Hall–Kier alpha value is -1.13. The van der Waals surface area contributed by atoms with E-state index in [1.165, 1.54) is 11.1 Å². The van der Waals surface area contributed by atoms with Crippen LogP contribution in [-0.2, 0) is 13.0 Å². The van der Waals surface area contributed by atoms with Crippen LogP contribution in [-0.4, -0.2) is 38.0 Å². The summed E-state index contributed by atoms with van der Waals surface area (Å²) >= 11 is 4.27. The monoisotopic (exact) mass is 279 g/mol. The van der Waals surface area contributed by atoms with Gasteiger partial charge < -0.3 is 9.47 Å². The summed E-state index contributed by atoms with van der Waals surface area (Å²) in [5.74, 6) is 2.36. The zero-order valence-electron chi connectivity index (χ0n) is 11.6. The number of thiol groups is 1. The predicted molar refractivity (Wildman–Crippen MR) is 81.5 cm³/mol. The quantitative estimate of drug-likeness (QED) is 0.661. The highest BCUT2D eigenvalue weighted by molar-refractivity contribution is 7.80. The molecule has 1 aromatic carbocycles. The lowest BCUT2D eigenvalue weighted by Crippen LogP contribution is -2.32. The van der Waals surface area contributed by atoms with Crippen molar-refractivity contribution in [3.05, 3.63) is 35.4 Å². The van der Waals surface area contributed by atoms with E-state index in [4.69, 9.17) is 9.47 Å². The first-order valence-electron chi connectivity index (χ1n) is 6.41. The van der Waals surface area contributed by atoms with Gasteiger partial charge in [-0.1, -0.05) is 12.2 Å². The SMILES string of the molecule is C=C(CS)CN1CCc2cc(OC)c(OC)cc2C1. The van der Waals surface area contributed by atoms with Crippen LogP contribution in [0.1, 0.15) is 11.1 Å². The van der Waals surface area contributed by atoms with Gasteiger partial charge in [-0.05, 0) is 29.7 Å². The second kappa shape index (κ2) is 6.35. The highest BCUT2D eigenvalue weighted by Gasteiger charge is 2.19. The average molecular weight is 279 g/mol. The van der Waals surface area contributed by atoms with Gasteiger partial charge in [0.05, 0.1) is 14.2 Å². The topological polar surface area (TPSA) is 21.7 Å². The van der Waals surface area contributed by atoms with Gasteiger partial charge in [0.25, 0.3) is 0 Å². The molecule has 0 amide bonds. The van der Waals surface area contributed by atoms with Crippen LogP contribution in [0, 0.1) is 0 Å². The van der Waals surface area contributed by atoms with Gasteiger partial charge in [-0.15, -0.1) is 0 Å². The van der Waals surface area contributed by atoms with E-state index >= 15 is 0 Å². The molecule has 104 valence electrons. The Labute approximate surface area is 120 Å². The fourth-order valence-corrected chi connectivity index (χ4v) is 2.54. The molecule has 4 heteroatoms. The lowest BCUT2D eigenvalue weighted by molar-refractivity contribution is 0.274. The van der Waals surface area contributed by atoms with Crippen molar-refractivity contribution in [3.63, 3.8) is 0 Å². The number of benzene rings is 1. The van der Waals surface area contributed by atoms with Gasteiger partial charge >= 0.3 is 0 Å². The number of hydrogen-bond donors (Lipinski definition) is 1. The van der Waals surface area contributed by atoms with Crippen LogP contribution in [0.4, 0.5) is 0 Å². The third-order valence-corrected chi connectivity index (χ3v) is 3.92.